The molecule has 0 saturated carbocycles. The molecule has 0 fully saturated rings. The Hall–Kier alpha value is -2.98. The van der Waals surface area contributed by atoms with Gasteiger partial charge in [-0.2, -0.15) is 5.26 Å². The summed E-state index contributed by atoms with van der Waals surface area (Å²) in [6, 6.07) is 12.7. The second kappa shape index (κ2) is 6.15. The Morgan fingerprint density at radius 3 is 2.56 bits per heavy atom. The fourth-order valence-corrected chi connectivity index (χ4v) is 3.33. The summed E-state index contributed by atoms with van der Waals surface area (Å²) in [4.78, 5) is -0.363. The number of nitriles is 1. The first-order chi connectivity index (χ1) is 11.8. The quantitative estimate of drug-likeness (QED) is 0.714. The predicted octanol–water partition coefficient (Wildman–Crippen LogP) is 3.73. The summed E-state index contributed by atoms with van der Waals surface area (Å²) < 4.78 is 42.6. The zero-order valence-corrected chi connectivity index (χ0v) is 14.3. The van der Waals surface area contributed by atoms with Crippen LogP contribution in [0.15, 0.2) is 51.9 Å². The van der Waals surface area contributed by atoms with E-state index in [-0.39, 0.29) is 4.90 Å². The average molecular weight is 356 g/mol. The zero-order valence-electron chi connectivity index (χ0n) is 13.4. The van der Waals surface area contributed by atoms with Crippen molar-refractivity contribution in [3.63, 3.8) is 0 Å². The fourth-order valence-electron chi connectivity index (χ4n) is 2.60. The number of halogens is 1. The van der Waals surface area contributed by atoms with Gasteiger partial charge in [0.15, 0.2) is 9.84 Å². The van der Waals surface area contributed by atoms with Gasteiger partial charge in [-0.05, 0) is 36.8 Å². The Morgan fingerprint density at radius 2 is 1.92 bits per heavy atom. The summed E-state index contributed by atoms with van der Waals surface area (Å²) in [7, 11) is -3.65. The van der Waals surface area contributed by atoms with Gasteiger partial charge in [-0.1, -0.05) is 23.4 Å². The van der Waals surface area contributed by atoms with Crippen molar-refractivity contribution in [3.8, 4) is 28.5 Å². The van der Waals surface area contributed by atoms with Gasteiger partial charge in [0.05, 0.1) is 17.2 Å². The van der Waals surface area contributed by atoms with Crippen LogP contribution in [0.25, 0.3) is 22.4 Å². The Bertz CT molecular complexity index is 1110. The van der Waals surface area contributed by atoms with Gasteiger partial charge in [0, 0.05) is 11.8 Å². The van der Waals surface area contributed by atoms with E-state index in [1.54, 1.807) is 31.2 Å². The molecule has 0 amide bonds. The topological polar surface area (TPSA) is 84.0 Å². The average Bonchev–Trinajstić information content (AvgIpc) is 2.95. The third kappa shape index (κ3) is 3.16. The van der Waals surface area contributed by atoms with Gasteiger partial charge >= 0.3 is 0 Å². The maximum Gasteiger partial charge on any atom is 0.178 e. The minimum absolute atomic E-state index is 0.363. The van der Waals surface area contributed by atoms with E-state index in [1.807, 2.05) is 0 Å². The van der Waals surface area contributed by atoms with Crippen molar-refractivity contribution in [2.45, 2.75) is 11.8 Å². The predicted molar refractivity (Wildman–Crippen MR) is 89.9 cm³/mol. The molecule has 0 aliphatic rings. The van der Waals surface area contributed by atoms with Crippen molar-refractivity contribution < 1.29 is 17.3 Å². The SMILES string of the molecule is Cc1onc(-c2cccc(C#N)c2)c1-c1ccc(S(C)(=O)=O)c(F)c1. The second-order valence-corrected chi connectivity index (χ2v) is 7.56. The highest BCUT2D eigenvalue weighted by Crippen LogP contribution is 2.35. The van der Waals surface area contributed by atoms with Crippen molar-refractivity contribution in [1.29, 1.82) is 5.26 Å². The Labute approximate surface area is 144 Å². The highest BCUT2D eigenvalue weighted by Gasteiger charge is 2.20. The lowest BCUT2D eigenvalue weighted by Gasteiger charge is -2.06. The number of hydrogen-bond acceptors (Lipinski definition) is 5. The minimum atomic E-state index is -3.65. The molecule has 3 rings (SSSR count). The van der Waals surface area contributed by atoms with Gasteiger partial charge < -0.3 is 4.52 Å². The van der Waals surface area contributed by atoms with E-state index in [0.717, 1.165) is 12.3 Å². The first kappa shape index (κ1) is 16.9. The molecule has 0 aliphatic heterocycles. The molecule has 1 aromatic heterocycles. The fraction of sp³-hybridized carbons (Fsp3) is 0.111. The molecule has 0 saturated heterocycles. The van der Waals surface area contributed by atoms with E-state index in [0.29, 0.717) is 33.7 Å². The maximum atomic E-state index is 14.2. The smallest absolute Gasteiger partial charge is 0.178 e. The highest BCUT2D eigenvalue weighted by molar-refractivity contribution is 7.90. The molecule has 7 heteroatoms. The lowest BCUT2D eigenvalue weighted by Crippen LogP contribution is -2.00. The third-order valence-corrected chi connectivity index (χ3v) is 4.88. The first-order valence-corrected chi connectivity index (χ1v) is 9.17. The van der Waals surface area contributed by atoms with E-state index in [4.69, 9.17) is 9.78 Å². The van der Waals surface area contributed by atoms with Crippen LogP contribution in [0.5, 0.6) is 0 Å². The van der Waals surface area contributed by atoms with E-state index >= 15 is 0 Å². The van der Waals surface area contributed by atoms with Crippen molar-refractivity contribution >= 4 is 9.84 Å². The zero-order chi connectivity index (χ0) is 18.2. The molecule has 0 spiro atoms. The summed E-state index contributed by atoms with van der Waals surface area (Å²) in [6.45, 7) is 1.68. The Balaban J connectivity index is 2.18. The number of aryl methyl sites for hydroxylation is 1. The van der Waals surface area contributed by atoms with Gasteiger partial charge in [0.1, 0.15) is 22.2 Å². The number of nitrogens with zero attached hydrogens (tertiary/aromatic N) is 2. The molecule has 0 aliphatic carbocycles. The molecule has 126 valence electrons. The van der Waals surface area contributed by atoms with E-state index in [1.165, 1.54) is 12.1 Å². The summed E-state index contributed by atoms with van der Waals surface area (Å²) in [5.74, 6) is -0.374. The van der Waals surface area contributed by atoms with Crippen LogP contribution in [0.4, 0.5) is 4.39 Å². The second-order valence-electron chi connectivity index (χ2n) is 5.57. The molecule has 25 heavy (non-hydrogen) atoms. The molecule has 5 nitrogen and oxygen atoms in total. The van der Waals surface area contributed by atoms with Crippen LogP contribution in [0.2, 0.25) is 0 Å². The molecule has 0 atom stereocenters. The normalized spacial score (nSPS) is 11.3. The van der Waals surface area contributed by atoms with Crippen molar-refractivity contribution in [2.75, 3.05) is 6.26 Å². The third-order valence-electron chi connectivity index (χ3n) is 3.75. The van der Waals surface area contributed by atoms with Crippen LogP contribution in [0, 0.1) is 24.1 Å². The molecular weight excluding hydrogens is 343 g/mol. The largest absolute Gasteiger partial charge is 0.360 e. The lowest BCUT2D eigenvalue weighted by molar-refractivity contribution is 0.400. The molecule has 0 N–H and O–H groups in total. The van der Waals surface area contributed by atoms with Gasteiger partial charge in [-0.25, -0.2) is 12.8 Å². The Morgan fingerprint density at radius 1 is 1.16 bits per heavy atom. The molecule has 0 radical (unpaired) electrons. The van der Waals surface area contributed by atoms with Gasteiger partial charge in [-0.15, -0.1) is 0 Å². The maximum absolute atomic E-state index is 14.2. The molecular formula is C18H13FN2O3S. The number of benzene rings is 2. The summed E-state index contributed by atoms with van der Waals surface area (Å²) >= 11 is 0. The summed E-state index contributed by atoms with van der Waals surface area (Å²) in [5.41, 5.74) is 2.57. The Kier molecular flexibility index (Phi) is 4.15. The molecule has 0 unspecified atom stereocenters. The van der Waals surface area contributed by atoms with E-state index in [2.05, 4.69) is 11.2 Å². The number of sulfone groups is 1. The number of rotatable bonds is 3. The van der Waals surface area contributed by atoms with Crippen LogP contribution in [-0.2, 0) is 9.84 Å². The summed E-state index contributed by atoms with van der Waals surface area (Å²) in [6.07, 6.45) is 0.953. The lowest BCUT2D eigenvalue weighted by atomic mass is 9.98. The number of hydrogen-bond donors (Lipinski definition) is 0. The van der Waals surface area contributed by atoms with Gasteiger partial charge in [-0.3, -0.25) is 0 Å². The van der Waals surface area contributed by atoms with E-state index < -0.39 is 15.7 Å². The molecule has 1 heterocycles. The van der Waals surface area contributed by atoms with Crippen LogP contribution >= 0.6 is 0 Å². The minimum Gasteiger partial charge on any atom is -0.360 e. The van der Waals surface area contributed by atoms with Crippen LogP contribution in [0.3, 0.4) is 0 Å². The van der Waals surface area contributed by atoms with Crippen LogP contribution in [0.1, 0.15) is 11.3 Å². The number of aromatic nitrogens is 1. The van der Waals surface area contributed by atoms with Crippen molar-refractivity contribution in [1.82, 2.24) is 5.16 Å². The first-order valence-electron chi connectivity index (χ1n) is 7.28. The van der Waals surface area contributed by atoms with Crippen LogP contribution in [-0.4, -0.2) is 19.8 Å². The monoisotopic (exact) mass is 356 g/mol. The molecule has 3 aromatic rings. The molecule has 2 aromatic carbocycles. The molecule has 0 bridgehead atoms. The van der Waals surface area contributed by atoms with E-state index in [9.17, 15) is 12.8 Å². The van der Waals surface area contributed by atoms with Crippen molar-refractivity contribution in [3.05, 3.63) is 59.6 Å². The highest BCUT2D eigenvalue weighted by atomic mass is 32.2. The van der Waals surface area contributed by atoms with Crippen molar-refractivity contribution in [2.24, 2.45) is 0 Å². The van der Waals surface area contributed by atoms with Crippen LogP contribution < -0.4 is 0 Å². The standard InChI is InChI=1S/C18H13FN2O3S/c1-11-17(13-6-7-16(15(19)9-13)25(2,22)23)18(21-24-11)14-5-3-4-12(8-14)10-20/h3-9H,1-2H3. The summed E-state index contributed by atoms with van der Waals surface area (Å²) in [5, 5.41) is 13.1. The van der Waals surface area contributed by atoms with Gasteiger partial charge in [0.25, 0.3) is 0 Å². The van der Waals surface area contributed by atoms with Gasteiger partial charge in [0.2, 0.25) is 0 Å².